The normalized spacial score (nSPS) is 15.8. The molecule has 0 saturated carbocycles. The highest BCUT2D eigenvalue weighted by molar-refractivity contribution is 7.75. The molecule has 0 amide bonds. The van der Waals surface area contributed by atoms with Gasteiger partial charge in [0.25, 0.3) is 25.2 Å². The number of hydrogen-bond donors (Lipinski definition) is 4. The smallest absolute Gasteiger partial charge is 0.343 e. The fourth-order valence-corrected chi connectivity index (χ4v) is 15.7. The number of carbonyl (C=O) groups excluding carboxylic acids is 4. The highest BCUT2D eigenvalue weighted by atomic mass is 35.5. The van der Waals surface area contributed by atoms with E-state index in [1.807, 2.05) is 121 Å². The second kappa shape index (κ2) is 30.5. The zero-order valence-corrected chi connectivity index (χ0v) is 53.3. The molecule has 0 fully saturated rings. The largest absolute Gasteiger partial charge is 0.508 e. The van der Waals surface area contributed by atoms with Crippen LogP contribution in [0.1, 0.15) is 56.3 Å². The topological polar surface area (TPSA) is 247 Å². The predicted octanol–water partition coefficient (Wildman–Crippen LogP) is 17.2. The van der Waals surface area contributed by atoms with E-state index in [0.717, 1.165) is 44.0 Å². The van der Waals surface area contributed by atoms with Gasteiger partial charge in [-0.25, -0.2) is 9.59 Å². The number of aromatic hydroxyl groups is 4. The van der Waals surface area contributed by atoms with Crippen LogP contribution in [0.5, 0.6) is 51.7 Å². The van der Waals surface area contributed by atoms with Crippen molar-refractivity contribution in [2.45, 2.75) is 14.9 Å². The Balaban J connectivity index is 0.000000155. The third-order valence-electron chi connectivity index (χ3n) is 14.3. The number of halogens is 2. The minimum atomic E-state index is -3.56. The molecular weight excluding hydrogens is 1310 g/mol. The van der Waals surface area contributed by atoms with Gasteiger partial charge in [0, 0.05) is 41.1 Å². The predicted molar refractivity (Wildman–Crippen MR) is 373 cm³/mol. The van der Waals surface area contributed by atoms with Crippen molar-refractivity contribution in [3.05, 3.63) is 283 Å². The molecule has 11 aromatic rings. The van der Waals surface area contributed by atoms with Gasteiger partial charge in [-0.1, -0.05) is 124 Å². The molecule has 3 heterocycles. The Morgan fingerprint density at radius 2 is 0.632 bits per heavy atom. The molecule has 0 radical (unpaired) electrons. The molecule has 0 aromatic heterocycles. The summed E-state index contributed by atoms with van der Waals surface area (Å²) in [4.78, 5) is 45.3. The minimum absolute atomic E-state index is 0. The molecular formula is C74H61Cl2O16P3. The summed E-state index contributed by atoms with van der Waals surface area (Å²) in [5, 5.41) is 39.5. The zero-order valence-electron chi connectivity index (χ0n) is 49.1. The van der Waals surface area contributed by atoms with Crippen molar-refractivity contribution in [2.24, 2.45) is 0 Å². The highest BCUT2D eigenvalue weighted by Crippen LogP contribution is 2.56. The number of para-hydroxylation sites is 3. The summed E-state index contributed by atoms with van der Waals surface area (Å²) < 4.78 is 65.9. The molecule has 3 aliphatic heterocycles. The Bertz CT molecular complexity index is 4550. The van der Waals surface area contributed by atoms with E-state index in [9.17, 15) is 53.3 Å². The van der Waals surface area contributed by atoms with Crippen molar-refractivity contribution in [1.82, 2.24) is 0 Å². The summed E-state index contributed by atoms with van der Waals surface area (Å²) >= 11 is 10.4. The summed E-state index contributed by atoms with van der Waals surface area (Å²) in [5.41, 5.74) is 6.97. The molecule has 3 unspecified atom stereocenters. The number of phenols is 4. The Morgan fingerprint density at radius 1 is 0.337 bits per heavy atom. The molecule has 14 rings (SSSR count). The van der Waals surface area contributed by atoms with Crippen LogP contribution >= 0.6 is 45.3 Å². The third-order valence-corrected chi connectivity index (χ3v) is 20.8. The average molecular weight is 1370 g/mol. The van der Waals surface area contributed by atoms with Gasteiger partial charge in [-0.2, -0.15) is 0 Å². The molecule has 21 heteroatoms. The Morgan fingerprint density at radius 3 is 1.00 bits per heavy atom. The Kier molecular flexibility index (Phi) is 22.7. The van der Waals surface area contributed by atoms with Gasteiger partial charge < -0.3 is 43.5 Å². The van der Waals surface area contributed by atoms with Crippen molar-refractivity contribution in [2.75, 3.05) is 13.3 Å². The third kappa shape index (κ3) is 16.5. The van der Waals surface area contributed by atoms with Gasteiger partial charge >= 0.3 is 19.3 Å². The van der Waals surface area contributed by atoms with Crippen LogP contribution in [0, 0.1) is 0 Å². The number of ether oxygens (including phenoxy) is 2. The molecule has 3 aliphatic rings. The highest BCUT2D eigenvalue weighted by Gasteiger charge is 2.40. The number of benzene rings is 11. The average Bonchev–Trinajstić information content (AvgIpc) is 0.751. The second-order valence-electron chi connectivity index (χ2n) is 20.7. The fourth-order valence-electron chi connectivity index (χ4n) is 9.80. The van der Waals surface area contributed by atoms with E-state index in [-0.39, 0.29) is 54.3 Å². The van der Waals surface area contributed by atoms with Gasteiger partial charge in [-0.15, -0.1) is 0 Å². The fraction of sp³-hybridized carbons (Fsp3) is 0.0541. The molecule has 482 valence electrons. The van der Waals surface area contributed by atoms with Gasteiger partial charge in [0.15, 0.2) is 0 Å². The lowest BCUT2D eigenvalue weighted by molar-refractivity contribution is 0.0720. The van der Waals surface area contributed by atoms with Crippen LogP contribution in [-0.2, 0) is 13.7 Å². The maximum absolute atomic E-state index is 13.7. The lowest BCUT2D eigenvalue weighted by Gasteiger charge is -2.29. The van der Waals surface area contributed by atoms with Crippen LogP contribution < -0.4 is 44.3 Å². The SMILES string of the molecule is C.C.CP1(=O)Oc2ccccc2-c2ccccc21.CP1(=O)Oc2ccccc2-c2ccccc21.O=C(Cl)c1ccc(C(=O)Cl)cc1.O=C(Oc1ccc(O)cc1)c1ccc(C(=O)Oc2ccc(O)cc2)cc1.O=P1(c2cc(O)ccc2O)Oc2ccccc2-c2ccccc21. The van der Waals surface area contributed by atoms with Crippen LogP contribution in [0.4, 0.5) is 0 Å². The van der Waals surface area contributed by atoms with E-state index in [2.05, 4.69) is 0 Å². The van der Waals surface area contributed by atoms with E-state index >= 15 is 0 Å². The molecule has 11 aromatic carbocycles. The first-order valence-electron chi connectivity index (χ1n) is 28.1. The molecule has 95 heavy (non-hydrogen) atoms. The Hall–Kier alpha value is -10.4. The quantitative estimate of drug-likeness (QED) is 0.0381. The maximum Gasteiger partial charge on any atom is 0.343 e. The summed E-state index contributed by atoms with van der Waals surface area (Å²) in [7, 11) is -8.98. The second-order valence-corrected chi connectivity index (χ2v) is 28.3. The number of carbonyl (C=O) groups is 4. The number of rotatable bonds is 7. The van der Waals surface area contributed by atoms with E-state index < -0.39 is 44.5 Å². The molecule has 0 aliphatic carbocycles. The molecule has 4 N–H and O–H groups in total. The first kappa shape index (κ1) is 70.4. The molecule has 0 saturated heterocycles. The van der Waals surface area contributed by atoms with Gasteiger partial charge in [-0.3, -0.25) is 23.3 Å². The molecule has 3 atom stereocenters. The molecule has 16 nitrogen and oxygen atoms in total. The number of esters is 2. The van der Waals surface area contributed by atoms with Crippen LogP contribution in [0.3, 0.4) is 0 Å². The van der Waals surface area contributed by atoms with Gasteiger partial charge in [-0.05, 0) is 192 Å². The number of phenolic OH excluding ortho intramolecular Hbond substituents is 4. The standard InChI is InChI=1S/C20H14O6.C18H13O4P.2C13H11O2P.C8H4Cl2O2.2CH4/c21-15-5-9-17(10-6-15)25-19(23)13-1-2-14(4-3-13)20(24)26-18-11-7-16(22)8-12-18;19-12-9-10-15(20)18(11-12)23(21)17-8-4-2-6-14(17)13-5-1-3-7-16(13)22-23;2*1-16(14)13-9-5-3-7-11(13)10-6-2-4-8-12(10)15-16;9-7(11)5-1-2-6(4-3-5)8(10)12;;/h1-12,21-22H;1-11,19-20H;2*2-9H,1H3;1-4H;2*1H4. The number of fused-ring (bicyclic) bond motifs is 9. The summed E-state index contributed by atoms with van der Waals surface area (Å²) in [6.45, 7) is 3.34. The van der Waals surface area contributed by atoms with Gasteiger partial charge in [0.1, 0.15) is 51.7 Å². The van der Waals surface area contributed by atoms with Gasteiger partial charge in [0.2, 0.25) is 0 Å². The lowest BCUT2D eigenvalue weighted by atomic mass is 10.0. The Labute approximate surface area is 558 Å². The summed E-state index contributed by atoms with van der Waals surface area (Å²) in [5.74, 6) is 1.24. The zero-order chi connectivity index (χ0) is 66.0. The van der Waals surface area contributed by atoms with Crippen LogP contribution in [-0.4, -0.2) is 56.2 Å². The van der Waals surface area contributed by atoms with Crippen LogP contribution in [0.2, 0.25) is 0 Å². The van der Waals surface area contributed by atoms with E-state index in [0.29, 0.717) is 45.2 Å². The van der Waals surface area contributed by atoms with E-state index in [1.165, 1.54) is 115 Å². The van der Waals surface area contributed by atoms with Crippen molar-refractivity contribution in [3.8, 4) is 85.1 Å². The number of hydrogen-bond acceptors (Lipinski definition) is 16. The molecule has 0 spiro atoms. The van der Waals surface area contributed by atoms with E-state index in [4.69, 9.17) is 46.2 Å². The maximum atomic E-state index is 13.7. The first-order valence-corrected chi connectivity index (χ1v) is 34.7. The monoisotopic (exact) mass is 1370 g/mol. The summed E-state index contributed by atoms with van der Waals surface area (Å²) in [6.07, 6.45) is 0. The van der Waals surface area contributed by atoms with E-state index in [1.54, 1.807) is 37.6 Å². The van der Waals surface area contributed by atoms with Crippen molar-refractivity contribution in [1.29, 1.82) is 0 Å². The van der Waals surface area contributed by atoms with Crippen LogP contribution in [0.25, 0.3) is 33.4 Å². The summed E-state index contributed by atoms with van der Waals surface area (Å²) in [6, 6.07) is 72.6. The van der Waals surface area contributed by atoms with Crippen molar-refractivity contribution >= 4 is 88.9 Å². The van der Waals surface area contributed by atoms with Crippen molar-refractivity contribution < 1.29 is 76.3 Å². The van der Waals surface area contributed by atoms with Crippen LogP contribution in [0.15, 0.2) is 261 Å². The molecule has 0 bridgehead atoms. The minimum Gasteiger partial charge on any atom is -0.508 e. The first-order chi connectivity index (χ1) is 44.6. The lowest BCUT2D eigenvalue weighted by Crippen LogP contribution is -2.25. The van der Waals surface area contributed by atoms with Crippen molar-refractivity contribution in [3.63, 3.8) is 0 Å². The van der Waals surface area contributed by atoms with Gasteiger partial charge in [0.05, 0.1) is 32.3 Å².